The lowest BCUT2D eigenvalue weighted by Crippen LogP contribution is -2.38. The lowest BCUT2D eigenvalue weighted by molar-refractivity contribution is -0.138. The van der Waals surface area contributed by atoms with Crippen LogP contribution in [0.1, 0.15) is 24.3 Å². The van der Waals surface area contributed by atoms with Crippen LogP contribution in [0.15, 0.2) is 30.3 Å². The standard InChI is InChI=1S/C15H20N2O3/c18-14(10-16-8-11-6-7-11)17-9-13(15(19)20)12-4-2-1-3-5-12/h1-5,11,13,16H,6-10H2,(H,17,18)(H,19,20). The summed E-state index contributed by atoms with van der Waals surface area (Å²) in [7, 11) is 0. The SMILES string of the molecule is O=C(CNCC1CC1)NCC(C(=O)O)c1ccccc1. The van der Waals surface area contributed by atoms with Gasteiger partial charge in [0.2, 0.25) is 5.91 Å². The summed E-state index contributed by atoms with van der Waals surface area (Å²) in [6.45, 7) is 1.23. The van der Waals surface area contributed by atoms with Gasteiger partial charge in [0.1, 0.15) is 0 Å². The molecule has 1 unspecified atom stereocenters. The molecular formula is C15H20N2O3. The van der Waals surface area contributed by atoms with Gasteiger partial charge >= 0.3 is 5.97 Å². The first-order valence-electron chi connectivity index (χ1n) is 6.92. The van der Waals surface area contributed by atoms with Crippen molar-refractivity contribution in [1.29, 1.82) is 0 Å². The lowest BCUT2D eigenvalue weighted by Gasteiger charge is -2.14. The number of carboxylic acids is 1. The first-order chi connectivity index (χ1) is 9.66. The number of rotatable bonds is 8. The number of hydrogen-bond acceptors (Lipinski definition) is 3. The van der Waals surface area contributed by atoms with Gasteiger partial charge in [-0.25, -0.2) is 0 Å². The zero-order valence-corrected chi connectivity index (χ0v) is 11.3. The second-order valence-corrected chi connectivity index (χ2v) is 5.18. The van der Waals surface area contributed by atoms with Crippen LogP contribution in [0, 0.1) is 5.92 Å². The van der Waals surface area contributed by atoms with Crippen molar-refractivity contribution in [3.05, 3.63) is 35.9 Å². The topological polar surface area (TPSA) is 78.4 Å². The van der Waals surface area contributed by atoms with Gasteiger partial charge in [-0.1, -0.05) is 30.3 Å². The quantitative estimate of drug-likeness (QED) is 0.661. The zero-order chi connectivity index (χ0) is 14.4. The number of nitrogens with one attached hydrogen (secondary N) is 2. The minimum atomic E-state index is -0.928. The molecule has 0 aromatic heterocycles. The number of benzene rings is 1. The van der Waals surface area contributed by atoms with E-state index in [1.165, 1.54) is 12.8 Å². The number of carbonyl (C=O) groups excluding carboxylic acids is 1. The minimum Gasteiger partial charge on any atom is -0.481 e. The maximum absolute atomic E-state index is 11.6. The fourth-order valence-electron chi connectivity index (χ4n) is 2.02. The molecule has 1 fully saturated rings. The van der Waals surface area contributed by atoms with E-state index in [4.69, 9.17) is 0 Å². The molecule has 0 aliphatic heterocycles. The van der Waals surface area contributed by atoms with Crippen LogP contribution in [0.3, 0.4) is 0 Å². The first kappa shape index (κ1) is 14.5. The maximum atomic E-state index is 11.6. The van der Waals surface area contributed by atoms with E-state index in [1.807, 2.05) is 6.07 Å². The normalized spacial score (nSPS) is 15.6. The molecular weight excluding hydrogens is 256 g/mol. The Labute approximate surface area is 118 Å². The summed E-state index contributed by atoms with van der Waals surface area (Å²) in [5.41, 5.74) is 0.700. The highest BCUT2D eigenvalue weighted by atomic mass is 16.4. The van der Waals surface area contributed by atoms with E-state index in [2.05, 4.69) is 10.6 Å². The third kappa shape index (κ3) is 4.66. The Hall–Kier alpha value is -1.88. The van der Waals surface area contributed by atoms with Gasteiger partial charge in [0.05, 0.1) is 12.5 Å². The van der Waals surface area contributed by atoms with E-state index in [-0.39, 0.29) is 19.0 Å². The van der Waals surface area contributed by atoms with Crippen molar-refractivity contribution in [3.63, 3.8) is 0 Å². The summed E-state index contributed by atoms with van der Waals surface area (Å²) >= 11 is 0. The molecule has 1 aromatic carbocycles. The van der Waals surface area contributed by atoms with E-state index < -0.39 is 11.9 Å². The zero-order valence-electron chi connectivity index (χ0n) is 11.3. The highest BCUT2D eigenvalue weighted by Gasteiger charge is 2.22. The van der Waals surface area contributed by atoms with Crippen molar-refractivity contribution < 1.29 is 14.7 Å². The Bertz CT molecular complexity index is 457. The number of aliphatic carboxylic acids is 1. The van der Waals surface area contributed by atoms with E-state index in [0.29, 0.717) is 5.56 Å². The molecule has 0 radical (unpaired) electrons. The first-order valence-corrected chi connectivity index (χ1v) is 6.92. The summed E-state index contributed by atoms with van der Waals surface area (Å²) in [6.07, 6.45) is 2.48. The van der Waals surface area contributed by atoms with E-state index >= 15 is 0 Å². The molecule has 0 saturated heterocycles. The average Bonchev–Trinajstić information content (AvgIpc) is 3.24. The third-order valence-electron chi connectivity index (χ3n) is 3.42. The fraction of sp³-hybridized carbons (Fsp3) is 0.467. The van der Waals surface area contributed by atoms with Gasteiger partial charge in [0.25, 0.3) is 0 Å². The second-order valence-electron chi connectivity index (χ2n) is 5.18. The van der Waals surface area contributed by atoms with Crippen molar-refractivity contribution in [1.82, 2.24) is 10.6 Å². The molecule has 1 amide bonds. The highest BCUT2D eigenvalue weighted by molar-refractivity contribution is 5.80. The molecule has 1 aliphatic rings. The molecule has 3 N–H and O–H groups in total. The largest absolute Gasteiger partial charge is 0.481 e. The molecule has 1 aliphatic carbocycles. The van der Waals surface area contributed by atoms with Crippen molar-refractivity contribution in [2.24, 2.45) is 5.92 Å². The number of carbonyl (C=O) groups is 2. The molecule has 20 heavy (non-hydrogen) atoms. The Morgan fingerprint density at radius 3 is 2.55 bits per heavy atom. The summed E-state index contributed by atoms with van der Waals surface area (Å²) in [5, 5.41) is 15.0. The molecule has 5 nitrogen and oxygen atoms in total. The molecule has 2 rings (SSSR count). The maximum Gasteiger partial charge on any atom is 0.312 e. The minimum absolute atomic E-state index is 0.114. The molecule has 0 spiro atoms. The molecule has 1 aromatic rings. The second kappa shape index (κ2) is 7.05. The third-order valence-corrected chi connectivity index (χ3v) is 3.42. The van der Waals surface area contributed by atoms with Crippen LogP contribution in [0.2, 0.25) is 0 Å². The highest BCUT2D eigenvalue weighted by Crippen LogP contribution is 2.27. The van der Waals surface area contributed by atoms with Crippen molar-refractivity contribution in [2.45, 2.75) is 18.8 Å². The summed E-state index contributed by atoms with van der Waals surface area (Å²) < 4.78 is 0. The lowest BCUT2D eigenvalue weighted by atomic mass is 9.99. The van der Waals surface area contributed by atoms with Crippen LogP contribution in [0.5, 0.6) is 0 Å². The predicted octanol–water partition coefficient (Wildman–Crippen LogP) is 0.971. The molecule has 1 saturated carbocycles. The van der Waals surface area contributed by atoms with Gasteiger partial charge in [-0.05, 0) is 30.9 Å². The van der Waals surface area contributed by atoms with E-state index in [9.17, 15) is 14.7 Å². The van der Waals surface area contributed by atoms with Crippen molar-refractivity contribution >= 4 is 11.9 Å². The Morgan fingerprint density at radius 2 is 1.95 bits per heavy atom. The smallest absolute Gasteiger partial charge is 0.312 e. The molecule has 108 valence electrons. The Kier molecular flexibility index (Phi) is 5.12. The molecule has 1 atom stereocenters. The molecule has 0 heterocycles. The summed E-state index contributed by atoms with van der Waals surface area (Å²) in [5.74, 6) is -1.07. The number of amides is 1. The van der Waals surface area contributed by atoms with Crippen LogP contribution in [-0.4, -0.2) is 36.6 Å². The van der Waals surface area contributed by atoms with Gasteiger partial charge in [-0.2, -0.15) is 0 Å². The fourth-order valence-corrected chi connectivity index (χ4v) is 2.02. The summed E-state index contributed by atoms with van der Waals surface area (Å²) in [6, 6.07) is 8.95. The van der Waals surface area contributed by atoms with Crippen LogP contribution in [-0.2, 0) is 9.59 Å². The van der Waals surface area contributed by atoms with E-state index in [0.717, 1.165) is 12.5 Å². The van der Waals surface area contributed by atoms with Crippen LogP contribution >= 0.6 is 0 Å². The monoisotopic (exact) mass is 276 g/mol. The van der Waals surface area contributed by atoms with Gasteiger partial charge in [0.15, 0.2) is 0 Å². The van der Waals surface area contributed by atoms with Crippen molar-refractivity contribution in [3.8, 4) is 0 Å². The van der Waals surface area contributed by atoms with Crippen LogP contribution in [0.4, 0.5) is 0 Å². The predicted molar refractivity (Wildman–Crippen MR) is 75.4 cm³/mol. The van der Waals surface area contributed by atoms with Gasteiger partial charge in [-0.3, -0.25) is 9.59 Å². The van der Waals surface area contributed by atoms with Crippen LogP contribution < -0.4 is 10.6 Å². The van der Waals surface area contributed by atoms with Gasteiger partial charge in [-0.15, -0.1) is 0 Å². The summed E-state index contributed by atoms with van der Waals surface area (Å²) in [4.78, 5) is 22.9. The molecule has 0 bridgehead atoms. The Morgan fingerprint density at radius 1 is 1.25 bits per heavy atom. The van der Waals surface area contributed by atoms with Gasteiger partial charge < -0.3 is 15.7 Å². The van der Waals surface area contributed by atoms with Crippen molar-refractivity contribution in [2.75, 3.05) is 19.6 Å². The average molecular weight is 276 g/mol. The molecule has 5 heteroatoms. The Balaban J connectivity index is 1.76. The van der Waals surface area contributed by atoms with Crippen LogP contribution in [0.25, 0.3) is 0 Å². The van der Waals surface area contributed by atoms with E-state index in [1.54, 1.807) is 24.3 Å². The van der Waals surface area contributed by atoms with Gasteiger partial charge in [0, 0.05) is 6.54 Å². The number of hydrogen-bond donors (Lipinski definition) is 3. The number of carboxylic acid groups (broad SMARTS) is 1.